The number of carbonyl (C=O) groups excluding carboxylic acids is 1. The van der Waals surface area contributed by atoms with Crippen molar-refractivity contribution in [2.75, 3.05) is 12.3 Å². The summed E-state index contributed by atoms with van der Waals surface area (Å²) >= 11 is 0. The second-order valence-corrected chi connectivity index (χ2v) is 5.09. The van der Waals surface area contributed by atoms with Gasteiger partial charge < -0.3 is 10.6 Å². The van der Waals surface area contributed by atoms with Gasteiger partial charge in [0.1, 0.15) is 5.82 Å². The molecule has 0 aliphatic carbocycles. The number of likely N-dealkylation sites (tertiary alicyclic amines) is 1. The van der Waals surface area contributed by atoms with Crippen molar-refractivity contribution in [3.05, 3.63) is 29.6 Å². The van der Waals surface area contributed by atoms with Crippen molar-refractivity contribution in [1.29, 1.82) is 0 Å². The van der Waals surface area contributed by atoms with Crippen molar-refractivity contribution in [3.63, 3.8) is 0 Å². The van der Waals surface area contributed by atoms with Crippen molar-refractivity contribution in [3.8, 4) is 0 Å². The molecule has 1 unspecified atom stereocenters. The number of carbonyl (C=O) groups is 1. The van der Waals surface area contributed by atoms with Gasteiger partial charge in [-0.15, -0.1) is 0 Å². The van der Waals surface area contributed by atoms with Gasteiger partial charge in [-0.2, -0.15) is 0 Å². The summed E-state index contributed by atoms with van der Waals surface area (Å²) < 4.78 is 13.2. The molecule has 3 nitrogen and oxygen atoms in total. The second-order valence-electron chi connectivity index (χ2n) is 5.09. The third-order valence-electron chi connectivity index (χ3n) is 3.56. The summed E-state index contributed by atoms with van der Waals surface area (Å²) in [6.45, 7) is 3.30. The number of nitrogens with zero attached hydrogens (tertiary/aromatic N) is 1. The van der Waals surface area contributed by atoms with Gasteiger partial charge in [-0.1, -0.05) is 6.92 Å². The molecule has 18 heavy (non-hydrogen) atoms. The number of anilines is 1. The Hall–Kier alpha value is -1.58. The van der Waals surface area contributed by atoms with E-state index in [1.807, 2.05) is 0 Å². The van der Waals surface area contributed by atoms with Crippen LogP contribution in [-0.2, 0) is 11.3 Å². The zero-order valence-corrected chi connectivity index (χ0v) is 10.7. The summed E-state index contributed by atoms with van der Waals surface area (Å²) in [7, 11) is 0. The van der Waals surface area contributed by atoms with Crippen LogP contribution in [0.3, 0.4) is 0 Å². The lowest BCUT2D eigenvalue weighted by atomic mass is 10.0. The van der Waals surface area contributed by atoms with E-state index in [4.69, 9.17) is 5.73 Å². The van der Waals surface area contributed by atoms with Crippen LogP contribution in [0.2, 0.25) is 0 Å². The van der Waals surface area contributed by atoms with Gasteiger partial charge in [0, 0.05) is 25.2 Å². The number of hydrogen-bond donors (Lipinski definition) is 1. The average molecular weight is 250 g/mol. The van der Waals surface area contributed by atoms with Gasteiger partial charge in [0.05, 0.1) is 0 Å². The molecule has 1 aliphatic rings. The molecule has 1 atom stereocenters. The Bertz CT molecular complexity index is 447. The number of amides is 1. The average Bonchev–Trinajstić information content (AvgIpc) is 2.49. The predicted molar refractivity (Wildman–Crippen MR) is 69.2 cm³/mol. The van der Waals surface area contributed by atoms with Crippen LogP contribution in [0.15, 0.2) is 18.2 Å². The fourth-order valence-corrected chi connectivity index (χ4v) is 2.26. The van der Waals surface area contributed by atoms with E-state index >= 15 is 0 Å². The fraction of sp³-hybridized carbons (Fsp3) is 0.500. The van der Waals surface area contributed by atoms with Gasteiger partial charge in [0.15, 0.2) is 0 Å². The fourth-order valence-electron chi connectivity index (χ4n) is 2.26. The Morgan fingerprint density at radius 2 is 2.22 bits per heavy atom. The van der Waals surface area contributed by atoms with Crippen LogP contribution in [0.25, 0.3) is 0 Å². The molecule has 1 saturated heterocycles. The maximum atomic E-state index is 13.2. The van der Waals surface area contributed by atoms with Crippen molar-refractivity contribution in [1.82, 2.24) is 4.90 Å². The molecule has 2 N–H and O–H groups in total. The quantitative estimate of drug-likeness (QED) is 0.820. The monoisotopic (exact) mass is 250 g/mol. The van der Waals surface area contributed by atoms with E-state index in [2.05, 4.69) is 6.92 Å². The first-order valence-electron chi connectivity index (χ1n) is 6.38. The van der Waals surface area contributed by atoms with Crippen molar-refractivity contribution in [2.45, 2.75) is 32.7 Å². The van der Waals surface area contributed by atoms with E-state index in [9.17, 15) is 9.18 Å². The summed E-state index contributed by atoms with van der Waals surface area (Å²) in [5, 5.41) is 0. The number of hydrogen-bond acceptors (Lipinski definition) is 2. The molecule has 4 heteroatoms. The van der Waals surface area contributed by atoms with Crippen LogP contribution in [-0.4, -0.2) is 17.4 Å². The van der Waals surface area contributed by atoms with Gasteiger partial charge in [-0.3, -0.25) is 4.79 Å². The molecule has 0 saturated carbocycles. The minimum Gasteiger partial charge on any atom is -0.398 e. The van der Waals surface area contributed by atoms with Gasteiger partial charge >= 0.3 is 0 Å². The van der Waals surface area contributed by atoms with Crippen molar-refractivity contribution in [2.24, 2.45) is 5.92 Å². The van der Waals surface area contributed by atoms with Gasteiger partial charge in [-0.25, -0.2) is 4.39 Å². The Balaban J connectivity index is 2.12. The molecule has 1 aromatic rings. The lowest BCUT2D eigenvalue weighted by Crippen LogP contribution is -2.30. The highest BCUT2D eigenvalue weighted by Crippen LogP contribution is 2.21. The number of nitrogen functional groups attached to an aromatic ring is 1. The second kappa shape index (κ2) is 5.38. The Kier molecular flexibility index (Phi) is 3.84. The van der Waals surface area contributed by atoms with Gasteiger partial charge in [0.2, 0.25) is 5.91 Å². The van der Waals surface area contributed by atoms with Crippen molar-refractivity contribution < 1.29 is 9.18 Å². The molecule has 0 spiro atoms. The minimum atomic E-state index is -0.310. The number of rotatable bonds is 2. The van der Waals surface area contributed by atoms with Crippen LogP contribution in [0, 0.1) is 11.7 Å². The number of halogens is 1. The molecule has 0 bridgehead atoms. The van der Waals surface area contributed by atoms with E-state index in [1.165, 1.54) is 12.1 Å². The number of benzene rings is 1. The number of nitrogens with two attached hydrogens (primary N) is 1. The molecule has 1 heterocycles. The summed E-state index contributed by atoms with van der Waals surface area (Å²) in [5.74, 6) is 0.404. The first-order valence-corrected chi connectivity index (χ1v) is 6.38. The summed E-state index contributed by atoms with van der Waals surface area (Å²) in [6.07, 6.45) is 2.52. The zero-order valence-electron chi connectivity index (χ0n) is 10.7. The van der Waals surface area contributed by atoms with Gasteiger partial charge in [0.25, 0.3) is 0 Å². The molecule has 2 rings (SSSR count). The Morgan fingerprint density at radius 3 is 3.00 bits per heavy atom. The Labute approximate surface area is 107 Å². The first-order chi connectivity index (χ1) is 8.56. The maximum Gasteiger partial charge on any atom is 0.222 e. The summed E-state index contributed by atoms with van der Waals surface area (Å²) in [6, 6.07) is 4.30. The lowest BCUT2D eigenvalue weighted by molar-refractivity contribution is -0.131. The highest BCUT2D eigenvalue weighted by molar-refractivity contribution is 5.76. The normalized spacial score (nSPS) is 20.9. The van der Waals surface area contributed by atoms with Gasteiger partial charge in [-0.05, 0) is 42.5 Å². The van der Waals surface area contributed by atoms with Crippen LogP contribution in [0.5, 0.6) is 0 Å². The minimum absolute atomic E-state index is 0.142. The lowest BCUT2D eigenvalue weighted by Gasteiger charge is -2.21. The zero-order chi connectivity index (χ0) is 13.1. The summed E-state index contributed by atoms with van der Waals surface area (Å²) in [5.41, 5.74) is 7.05. The highest BCUT2D eigenvalue weighted by atomic mass is 19.1. The molecule has 0 aromatic heterocycles. The molecule has 1 aliphatic heterocycles. The maximum absolute atomic E-state index is 13.2. The SMILES string of the molecule is CC1CCC(=O)N(Cc2cc(F)ccc2N)CC1. The third kappa shape index (κ3) is 3.00. The standard InChI is InChI=1S/C14H19FN2O/c1-10-2-5-14(18)17(7-6-10)9-11-8-12(15)3-4-13(11)16/h3-4,8,10H,2,5-7,9,16H2,1H3. The van der Waals surface area contributed by atoms with E-state index in [-0.39, 0.29) is 11.7 Å². The largest absolute Gasteiger partial charge is 0.398 e. The van der Waals surface area contributed by atoms with E-state index in [0.29, 0.717) is 30.1 Å². The summed E-state index contributed by atoms with van der Waals surface area (Å²) in [4.78, 5) is 13.7. The van der Waals surface area contributed by atoms with Crippen molar-refractivity contribution >= 4 is 11.6 Å². The van der Waals surface area contributed by atoms with Crippen LogP contribution < -0.4 is 5.73 Å². The molecule has 1 amide bonds. The molecular formula is C14H19FN2O. The topological polar surface area (TPSA) is 46.3 Å². The molecular weight excluding hydrogens is 231 g/mol. The molecule has 1 aromatic carbocycles. The van der Waals surface area contributed by atoms with Crippen LogP contribution in [0.4, 0.5) is 10.1 Å². The predicted octanol–water partition coefficient (Wildman–Crippen LogP) is 2.56. The highest BCUT2D eigenvalue weighted by Gasteiger charge is 2.20. The molecule has 1 fully saturated rings. The molecule has 0 radical (unpaired) electrons. The van der Waals surface area contributed by atoms with E-state index < -0.39 is 0 Å². The van der Waals surface area contributed by atoms with E-state index in [0.717, 1.165) is 19.4 Å². The smallest absolute Gasteiger partial charge is 0.222 e. The Morgan fingerprint density at radius 1 is 1.44 bits per heavy atom. The first kappa shape index (κ1) is 12.9. The van der Waals surface area contributed by atoms with E-state index in [1.54, 1.807) is 11.0 Å². The molecule has 98 valence electrons. The third-order valence-corrected chi connectivity index (χ3v) is 3.56. The van der Waals surface area contributed by atoms with Crippen LogP contribution >= 0.6 is 0 Å². The van der Waals surface area contributed by atoms with Crippen LogP contribution in [0.1, 0.15) is 31.7 Å².